The van der Waals surface area contributed by atoms with Gasteiger partial charge in [0.2, 0.25) is 0 Å². The number of piperidine rings is 1. The van der Waals surface area contributed by atoms with Crippen LogP contribution in [0.15, 0.2) is 48.5 Å². The number of hydrogen-bond donors (Lipinski definition) is 2. The van der Waals surface area contributed by atoms with Gasteiger partial charge in [-0.1, -0.05) is 36.2 Å². The van der Waals surface area contributed by atoms with Gasteiger partial charge in [-0.2, -0.15) is 0 Å². The van der Waals surface area contributed by atoms with Gasteiger partial charge in [0, 0.05) is 29.8 Å². The molecular weight excluding hydrogens is 410 g/mol. The van der Waals surface area contributed by atoms with E-state index in [1.54, 1.807) is 0 Å². The Labute approximate surface area is 198 Å². The Morgan fingerprint density at radius 2 is 1.73 bits per heavy atom. The van der Waals surface area contributed by atoms with E-state index in [4.69, 9.17) is 5.73 Å². The highest BCUT2D eigenvalue weighted by atomic mass is 16.1. The molecular formula is C28H39N3O2. The zero-order valence-electron chi connectivity index (χ0n) is 20.0. The largest absolute Gasteiger partial charge is 0.328 e. The molecule has 5 heteroatoms. The molecule has 1 amide bonds. The van der Waals surface area contributed by atoms with Crippen LogP contribution in [0, 0.1) is 12.8 Å². The maximum Gasteiger partial charge on any atom is 0.255 e. The SMILES string of the molecule is Cc1ccc(C(=O)Nc2cccc(CCN3CCCCC3)c2)cc1.NC1CCC(C=O)CC1. The van der Waals surface area contributed by atoms with Crippen LogP contribution in [0.3, 0.4) is 0 Å². The van der Waals surface area contributed by atoms with E-state index in [0.717, 1.165) is 56.2 Å². The molecule has 1 saturated carbocycles. The van der Waals surface area contributed by atoms with Crippen molar-refractivity contribution in [1.82, 2.24) is 4.90 Å². The molecule has 0 aromatic heterocycles. The van der Waals surface area contributed by atoms with Crippen LogP contribution in [0.4, 0.5) is 5.69 Å². The van der Waals surface area contributed by atoms with Gasteiger partial charge in [0.25, 0.3) is 5.91 Å². The number of amides is 1. The molecule has 0 atom stereocenters. The lowest BCUT2D eigenvalue weighted by Gasteiger charge is -2.26. The summed E-state index contributed by atoms with van der Waals surface area (Å²) in [5.41, 5.74) is 9.64. The molecule has 1 aliphatic heterocycles. The molecule has 1 heterocycles. The van der Waals surface area contributed by atoms with Gasteiger partial charge in [-0.05, 0) is 94.8 Å². The van der Waals surface area contributed by atoms with Crippen LogP contribution in [-0.4, -0.2) is 42.8 Å². The maximum absolute atomic E-state index is 12.3. The first-order valence-electron chi connectivity index (χ1n) is 12.4. The molecule has 1 saturated heterocycles. The molecule has 0 bridgehead atoms. The highest BCUT2D eigenvalue weighted by Crippen LogP contribution is 2.20. The molecule has 2 aromatic rings. The number of likely N-dealkylation sites (tertiary alicyclic amines) is 1. The lowest BCUT2D eigenvalue weighted by molar-refractivity contribution is -0.111. The third kappa shape index (κ3) is 8.75. The van der Waals surface area contributed by atoms with Crippen molar-refractivity contribution in [1.29, 1.82) is 0 Å². The van der Waals surface area contributed by atoms with Gasteiger partial charge >= 0.3 is 0 Å². The predicted octanol–water partition coefficient (Wildman–Crippen LogP) is 4.98. The van der Waals surface area contributed by atoms with Crippen LogP contribution in [0.5, 0.6) is 0 Å². The minimum absolute atomic E-state index is 0.0526. The Morgan fingerprint density at radius 3 is 2.39 bits per heavy atom. The zero-order valence-corrected chi connectivity index (χ0v) is 20.0. The normalized spacial score (nSPS) is 20.9. The fourth-order valence-electron chi connectivity index (χ4n) is 4.46. The highest BCUT2D eigenvalue weighted by Gasteiger charge is 2.17. The predicted molar refractivity (Wildman–Crippen MR) is 136 cm³/mol. The van der Waals surface area contributed by atoms with E-state index in [1.165, 1.54) is 37.9 Å². The van der Waals surface area contributed by atoms with Crippen molar-refractivity contribution >= 4 is 17.9 Å². The third-order valence-corrected chi connectivity index (χ3v) is 6.67. The van der Waals surface area contributed by atoms with E-state index in [-0.39, 0.29) is 5.91 Å². The van der Waals surface area contributed by atoms with Crippen molar-refractivity contribution in [3.8, 4) is 0 Å². The quantitative estimate of drug-likeness (QED) is 0.610. The van der Waals surface area contributed by atoms with Crippen LogP contribution in [-0.2, 0) is 11.2 Å². The van der Waals surface area contributed by atoms with E-state index in [2.05, 4.69) is 22.3 Å². The summed E-state index contributed by atoms with van der Waals surface area (Å²) in [4.78, 5) is 25.1. The van der Waals surface area contributed by atoms with E-state index in [9.17, 15) is 9.59 Å². The Kier molecular flexibility index (Phi) is 10.1. The van der Waals surface area contributed by atoms with Crippen LogP contribution >= 0.6 is 0 Å². The molecule has 3 N–H and O–H groups in total. The van der Waals surface area contributed by atoms with E-state index in [1.807, 2.05) is 43.3 Å². The number of benzene rings is 2. The number of carbonyl (C=O) groups excluding carboxylic acids is 2. The van der Waals surface area contributed by atoms with Gasteiger partial charge in [-0.3, -0.25) is 4.79 Å². The van der Waals surface area contributed by atoms with Gasteiger partial charge < -0.3 is 20.7 Å². The first-order chi connectivity index (χ1) is 16.0. The molecule has 0 radical (unpaired) electrons. The molecule has 0 unspecified atom stereocenters. The zero-order chi connectivity index (χ0) is 23.5. The van der Waals surface area contributed by atoms with Crippen molar-refractivity contribution in [2.45, 2.75) is 64.3 Å². The Morgan fingerprint density at radius 1 is 1.03 bits per heavy atom. The fraction of sp³-hybridized carbons (Fsp3) is 0.500. The standard InChI is InChI=1S/C21H26N2O.C7H13NO/c1-17-8-10-19(11-9-17)21(24)22-20-7-5-6-18(16-20)12-15-23-13-3-2-4-14-23;8-7-3-1-6(5-9)2-4-7/h5-11,16H,2-4,12-15H2,1H3,(H,22,24);5-7H,1-4,8H2. The molecule has 2 fully saturated rings. The summed E-state index contributed by atoms with van der Waals surface area (Å²) in [6.45, 7) is 5.58. The molecule has 178 valence electrons. The average molecular weight is 450 g/mol. The first kappa shape index (κ1) is 25.1. The fourth-order valence-corrected chi connectivity index (χ4v) is 4.46. The minimum atomic E-state index is -0.0526. The van der Waals surface area contributed by atoms with Crippen LogP contribution in [0.1, 0.15) is 66.4 Å². The summed E-state index contributed by atoms with van der Waals surface area (Å²) in [6, 6.07) is 16.2. The Hall–Kier alpha value is -2.50. The number of nitrogens with one attached hydrogen (secondary N) is 1. The van der Waals surface area contributed by atoms with Gasteiger partial charge in [0.1, 0.15) is 6.29 Å². The number of anilines is 1. The smallest absolute Gasteiger partial charge is 0.255 e. The van der Waals surface area contributed by atoms with Crippen molar-refractivity contribution in [3.05, 3.63) is 65.2 Å². The summed E-state index contributed by atoms with van der Waals surface area (Å²) >= 11 is 0. The molecule has 33 heavy (non-hydrogen) atoms. The Bertz CT molecular complexity index is 867. The van der Waals surface area contributed by atoms with Gasteiger partial charge in [0.05, 0.1) is 0 Å². The van der Waals surface area contributed by atoms with Gasteiger partial charge in [0.15, 0.2) is 0 Å². The third-order valence-electron chi connectivity index (χ3n) is 6.67. The molecule has 5 nitrogen and oxygen atoms in total. The average Bonchev–Trinajstić information content (AvgIpc) is 2.85. The second kappa shape index (κ2) is 13.3. The minimum Gasteiger partial charge on any atom is -0.328 e. The number of aryl methyl sites for hydroxylation is 1. The molecule has 0 spiro atoms. The second-order valence-electron chi connectivity index (χ2n) is 9.48. The van der Waals surface area contributed by atoms with E-state index < -0.39 is 0 Å². The number of nitrogens with zero attached hydrogens (tertiary/aromatic N) is 1. The van der Waals surface area contributed by atoms with Gasteiger partial charge in [-0.25, -0.2) is 0 Å². The number of rotatable bonds is 6. The van der Waals surface area contributed by atoms with Crippen LogP contribution in [0.25, 0.3) is 0 Å². The number of aldehydes is 1. The lowest BCUT2D eigenvalue weighted by atomic mass is 9.88. The van der Waals surface area contributed by atoms with Crippen molar-refractivity contribution in [3.63, 3.8) is 0 Å². The molecule has 1 aliphatic carbocycles. The van der Waals surface area contributed by atoms with Crippen molar-refractivity contribution in [2.75, 3.05) is 25.0 Å². The highest BCUT2D eigenvalue weighted by molar-refractivity contribution is 6.04. The summed E-state index contributed by atoms with van der Waals surface area (Å²) < 4.78 is 0. The number of hydrogen-bond acceptors (Lipinski definition) is 4. The summed E-state index contributed by atoms with van der Waals surface area (Å²) in [7, 11) is 0. The molecule has 2 aliphatic rings. The van der Waals surface area contributed by atoms with Crippen LogP contribution in [0.2, 0.25) is 0 Å². The monoisotopic (exact) mass is 449 g/mol. The summed E-state index contributed by atoms with van der Waals surface area (Å²) in [5, 5.41) is 3.00. The maximum atomic E-state index is 12.3. The van der Waals surface area contributed by atoms with Gasteiger partial charge in [-0.15, -0.1) is 0 Å². The summed E-state index contributed by atoms with van der Waals surface area (Å²) in [6.07, 6.45) is 10.2. The number of carbonyl (C=O) groups is 2. The Balaban J connectivity index is 0.000000286. The summed E-state index contributed by atoms with van der Waals surface area (Å²) in [5.74, 6) is 0.257. The van der Waals surface area contributed by atoms with E-state index >= 15 is 0 Å². The molecule has 4 rings (SSSR count). The number of nitrogens with two attached hydrogens (primary N) is 1. The lowest BCUT2D eigenvalue weighted by Crippen LogP contribution is -2.31. The topological polar surface area (TPSA) is 75.4 Å². The second-order valence-corrected chi connectivity index (χ2v) is 9.48. The molecule has 2 aromatic carbocycles. The van der Waals surface area contributed by atoms with Crippen molar-refractivity contribution < 1.29 is 9.59 Å². The first-order valence-corrected chi connectivity index (χ1v) is 12.4. The van der Waals surface area contributed by atoms with Crippen LogP contribution < -0.4 is 11.1 Å². The van der Waals surface area contributed by atoms with Crippen molar-refractivity contribution in [2.24, 2.45) is 11.7 Å². The van der Waals surface area contributed by atoms with E-state index in [0.29, 0.717) is 17.5 Å².